The second-order valence-electron chi connectivity index (χ2n) is 7.60. The predicted octanol–water partition coefficient (Wildman–Crippen LogP) is 3.79. The van der Waals surface area contributed by atoms with E-state index in [0.29, 0.717) is 43.3 Å². The fourth-order valence-electron chi connectivity index (χ4n) is 3.53. The van der Waals surface area contributed by atoms with Gasteiger partial charge in [-0.2, -0.15) is 4.98 Å². The third-order valence-electron chi connectivity index (χ3n) is 5.25. The summed E-state index contributed by atoms with van der Waals surface area (Å²) in [5.74, 6) is -0.376. The average Bonchev–Trinajstić information content (AvgIpc) is 2.81. The summed E-state index contributed by atoms with van der Waals surface area (Å²) in [5, 5.41) is 3.14. The van der Waals surface area contributed by atoms with Gasteiger partial charge in [-0.3, -0.25) is 10.2 Å². The second-order valence-corrected chi connectivity index (χ2v) is 8.53. The number of allylic oxidation sites excluding steroid dienone is 3. The van der Waals surface area contributed by atoms with Crippen LogP contribution in [0.15, 0.2) is 47.9 Å². The maximum Gasteiger partial charge on any atom is 0.243 e. The number of hydrogen-bond donors (Lipinski definition) is 3. The van der Waals surface area contributed by atoms with Gasteiger partial charge < -0.3 is 20.4 Å². The Morgan fingerprint density at radius 2 is 2.09 bits per heavy atom. The van der Waals surface area contributed by atoms with E-state index in [1.807, 2.05) is 19.1 Å². The average molecular weight is 493 g/mol. The van der Waals surface area contributed by atoms with Gasteiger partial charge in [-0.25, -0.2) is 9.37 Å². The first-order valence-corrected chi connectivity index (χ1v) is 11.2. The van der Waals surface area contributed by atoms with E-state index in [4.69, 9.17) is 27.9 Å². The Morgan fingerprint density at radius 3 is 2.85 bits per heavy atom. The van der Waals surface area contributed by atoms with Gasteiger partial charge in [0.2, 0.25) is 5.95 Å². The molecular weight excluding hydrogens is 470 g/mol. The number of morpholine rings is 1. The number of aryl methyl sites for hydroxylation is 1. The molecule has 4 rings (SSSR count). The molecule has 2 aromatic rings. The van der Waals surface area contributed by atoms with Crippen molar-refractivity contribution >= 4 is 46.4 Å². The highest BCUT2D eigenvalue weighted by Crippen LogP contribution is 2.30. The molecule has 1 saturated heterocycles. The molecule has 174 valence electrons. The number of anilines is 3. The largest absolute Gasteiger partial charge is 0.378 e. The minimum atomic E-state index is -0.719. The van der Waals surface area contributed by atoms with Gasteiger partial charge in [0.1, 0.15) is 5.38 Å². The molecule has 33 heavy (non-hydrogen) atoms. The standard InChI is InChI=1S/C22H23Cl2FN6O2/c1-13-3-2-4-16(23)19(13)28-15-9-14(20(32)17(24)10-15)11-27-30-22-26-12-18(25)21(29-22)31-5-7-33-8-6-31/h2-4,9,11-12,17,27-28H,5-8,10H2,1H3,(H,26,29,30). The van der Waals surface area contributed by atoms with E-state index in [1.54, 1.807) is 17.0 Å². The van der Waals surface area contributed by atoms with Crippen LogP contribution < -0.4 is 21.1 Å². The van der Waals surface area contributed by atoms with E-state index in [0.717, 1.165) is 23.1 Å². The summed E-state index contributed by atoms with van der Waals surface area (Å²) in [6.07, 6.45) is 4.63. The summed E-state index contributed by atoms with van der Waals surface area (Å²) in [7, 11) is 0. The van der Waals surface area contributed by atoms with Gasteiger partial charge in [-0.15, -0.1) is 11.6 Å². The molecule has 1 unspecified atom stereocenters. The molecule has 2 aliphatic rings. The van der Waals surface area contributed by atoms with Crippen LogP contribution >= 0.6 is 23.2 Å². The zero-order chi connectivity index (χ0) is 23.4. The molecule has 1 aliphatic heterocycles. The van der Waals surface area contributed by atoms with Crippen molar-refractivity contribution in [2.24, 2.45) is 0 Å². The van der Waals surface area contributed by atoms with Crippen LogP contribution in [-0.4, -0.2) is 47.4 Å². The Kier molecular flexibility index (Phi) is 7.32. The van der Waals surface area contributed by atoms with Gasteiger partial charge in [-0.1, -0.05) is 23.7 Å². The molecular formula is C22H23Cl2FN6O2. The number of Topliss-reactive ketones (excluding diaryl/α,β-unsaturated/α-hetero) is 1. The third-order valence-corrected chi connectivity index (χ3v) is 5.92. The van der Waals surface area contributed by atoms with Crippen molar-refractivity contribution in [3.8, 4) is 0 Å². The van der Waals surface area contributed by atoms with E-state index in [9.17, 15) is 9.18 Å². The highest BCUT2D eigenvalue weighted by Gasteiger charge is 2.26. The lowest BCUT2D eigenvalue weighted by Gasteiger charge is -2.28. The molecule has 2 heterocycles. The number of benzene rings is 1. The Balaban J connectivity index is 1.47. The lowest BCUT2D eigenvalue weighted by Crippen LogP contribution is -2.37. The van der Waals surface area contributed by atoms with E-state index in [-0.39, 0.29) is 17.5 Å². The monoisotopic (exact) mass is 492 g/mol. The summed E-state index contributed by atoms with van der Waals surface area (Å²) >= 11 is 12.6. The van der Waals surface area contributed by atoms with Gasteiger partial charge in [0, 0.05) is 37.0 Å². The Bertz CT molecular complexity index is 1080. The van der Waals surface area contributed by atoms with Crippen LogP contribution in [0.25, 0.3) is 0 Å². The third kappa shape index (κ3) is 5.55. The van der Waals surface area contributed by atoms with Crippen LogP contribution in [-0.2, 0) is 9.53 Å². The van der Waals surface area contributed by atoms with Crippen molar-refractivity contribution in [2.75, 3.05) is 41.9 Å². The number of nitrogens with one attached hydrogen (secondary N) is 3. The number of aromatic nitrogens is 2. The Hall–Kier alpha value is -2.88. The predicted molar refractivity (Wildman–Crippen MR) is 127 cm³/mol. The van der Waals surface area contributed by atoms with Gasteiger partial charge >= 0.3 is 0 Å². The number of ether oxygens (including phenoxy) is 1. The van der Waals surface area contributed by atoms with E-state index >= 15 is 0 Å². The number of halogens is 3. The molecule has 0 saturated carbocycles. The lowest BCUT2D eigenvalue weighted by atomic mass is 9.97. The second kappa shape index (κ2) is 10.4. The van der Waals surface area contributed by atoms with Crippen molar-refractivity contribution in [3.63, 3.8) is 0 Å². The molecule has 1 atom stereocenters. The number of carbonyl (C=O) groups is 1. The van der Waals surface area contributed by atoms with E-state index in [1.165, 1.54) is 6.20 Å². The van der Waals surface area contributed by atoms with E-state index < -0.39 is 11.2 Å². The van der Waals surface area contributed by atoms with Crippen LogP contribution in [0.4, 0.5) is 21.8 Å². The van der Waals surface area contributed by atoms with Crippen LogP contribution in [0.5, 0.6) is 0 Å². The van der Waals surface area contributed by atoms with Crippen LogP contribution in [0.2, 0.25) is 5.02 Å². The number of rotatable bonds is 6. The fourth-order valence-corrected chi connectivity index (χ4v) is 4.09. The number of ketones is 1. The summed E-state index contributed by atoms with van der Waals surface area (Å²) in [6.45, 7) is 4.05. The summed E-state index contributed by atoms with van der Waals surface area (Å²) in [5.41, 5.74) is 8.43. The van der Waals surface area contributed by atoms with Crippen molar-refractivity contribution < 1.29 is 13.9 Å². The first-order valence-electron chi connectivity index (χ1n) is 10.4. The van der Waals surface area contributed by atoms with Gasteiger partial charge in [-0.05, 0) is 24.6 Å². The molecule has 1 aromatic carbocycles. The number of nitrogens with zero attached hydrogens (tertiary/aromatic N) is 3. The number of alkyl halides is 1. The molecule has 0 spiro atoms. The lowest BCUT2D eigenvalue weighted by molar-refractivity contribution is -0.115. The molecule has 0 radical (unpaired) electrons. The molecule has 3 N–H and O–H groups in total. The molecule has 0 bridgehead atoms. The maximum atomic E-state index is 14.2. The molecule has 1 aromatic heterocycles. The van der Waals surface area contributed by atoms with Gasteiger partial charge in [0.15, 0.2) is 17.4 Å². The smallest absolute Gasteiger partial charge is 0.243 e. The van der Waals surface area contributed by atoms with Crippen molar-refractivity contribution in [1.29, 1.82) is 0 Å². The molecule has 11 heteroatoms. The van der Waals surface area contributed by atoms with Crippen molar-refractivity contribution in [2.45, 2.75) is 18.7 Å². The topological polar surface area (TPSA) is 91.4 Å². The van der Waals surface area contributed by atoms with Crippen LogP contribution in [0, 0.1) is 12.7 Å². The summed E-state index contributed by atoms with van der Waals surface area (Å²) in [6, 6.07) is 5.60. The van der Waals surface area contributed by atoms with Crippen molar-refractivity contribution in [3.05, 3.63) is 64.3 Å². The maximum absolute atomic E-state index is 14.2. The quantitative estimate of drug-likeness (QED) is 0.318. The minimum Gasteiger partial charge on any atom is -0.378 e. The summed E-state index contributed by atoms with van der Waals surface area (Å²) in [4.78, 5) is 22.5. The normalized spacial score (nSPS) is 19.9. The molecule has 0 amide bonds. The van der Waals surface area contributed by atoms with Crippen LogP contribution in [0.1, 0.15) is 12.0 Å². The summed E-state index contributed by atoms with van der Waals surface area (Å²) < 4.78 is 19.5. The minimum absolute atomic E-state index is 0.162. The van der Waals surface area contributed by atoms with Crippen LogP contribution in [0.3, 0.4) is 0 Å². The highest BCUT2D eigenvalue weighted by atomic mass is 35.5. The first kappa shape index (κ1) is 23.3. The number of para-hydroxylation sites is 1. The zero-order valence-electron chi connectivity index (χ0n) is 17.9. The Morgan fingerprint density at radius 1 is 1.30 bits per heavy atom. The fraction of sp³-hybridized carbons (Fsp3) is 0.318. The molecule has 1 fully saturated rings. The van der Waals surface area contributed by atoms with Crippen molar-refractivity contribution in [1.82, 2.24) is 15.4 Å². The number of carbonyl (C=O) groups excluding carboxylic acids is 1. The van der Waals surface area contributed by atoms with Gasteiger partial charge in [0.05, 0.1) is 30.1 Å². The zero-order valence-corrected chi connectivity index (χ0v) is 19.4. The van der Waals surface area contributed by atoms with E-state index in [2.05, 4.69) is 26.1 Å². The SMILES string of the molecule is Cc1cccc(Cl)c1NC1=CC(=CNNc2ncc(F)c(N3CCOCC3)n2)C(=O)C(Cl)C1. The molecule has 8 nitrogen and oxygen atoms in total. The number of hydrazine groups is 1. The number of hydrogen-bond acceptors (Lipinski definition) is 8. The first-order chi connectivity index (χ1) is 15.9. The highest BCUT2D eigenvalue weighted by molar-refractivity contribution is 6.35. The van der Waals surface area contributed by atoms with Gasteiger partial charge in [0.25, 0.3) is 0 Å². The Labute approximate surface area is 200 Å². The molecule has 1 aliphatic carbocycles.